The van der Waals surface area contributed by atoms with Crippen LogP contribution in [0.15, 0.2) is 24.8 Å². The van der Waals surface area contributed by atoms with E-state index in [1.807, 2.05) is 0 Å². The fourth-order valence-corrected chi connectivity index (χ4v) is 1.57. The first-order valence-corrected chi connectivity index (χ1v) is 5.45. The number of nitrogens with one attached hydrogen (secondary N) is 1. The van der Waals surface area contributed by atoms with Gasteiger partial charge in [-0.2, -0.15) is 0 Å². The van der Waals surface area contributed by atoms with Crippen molar-refractivity contribution < 1.29 is 19.2 Å². The van der Waals surface area contributed by atoms with E-state index in [-0.39, 0.29) is 11.7 Å². The molecule has 19 heavy (non-hydrogen) atoms. The molecule has 0 heterocycles. The van der Waals surface area contributed by atoms with Gasteiger partial charge in [0.25, 0.3) is 5.69 Å². The third-order valence-corrected chi connectivity index (χ3v) is 2.43. The molecule has 0 spiro atoms. The Hall–Kier alpha value is -2.44. The fraction of sp³-hybridized carbons (Fsp3) is 0.250. The number of nitrogens with zero attached hydrogens (tertiary/aromatic N) is 1. The number of rotatable bonds is 6. The molecule has 1 aromatic carbocycles. The Balaban J connectivity index is 3.25. The maximum absolute atomic E-state index is 13.4. The number of anilines is 1. The monoisotopic (exact) mass is 268 g/mol. The lowest BCUT2D eigenvalue weighted by Gasteiger charge is -2.14. The SMILES string of the molecule is C=CCC(C)Nc1cc(C(=O)O)c(F)cc1[N+](=O)[O-]. The van der Waals surface area contributed by atoms with Crippen LogP contribution < -0.4 is 5.32 Å². The van der Waals surface area contributed by atoms with Crippen molar-refractivity contribution in [1.29, 1.82) is 0 Å². The van der Waals surface area contributed by atoms with Crippen molar-refractivity contribution in [2.45, 2.75) is 19.4 Å². The van der Waals surface area contributed by atoms with E-state index in [1.54, 1.807) is 13.0 Å². The molecule has 1 unspecified atom stereocenters. The van der Waals surface area contributed by atoms with Crippen LogP contribution in [0.25, 0.3) is 0 Å². The standard InChI is InChI=1S/C12H13FN2O4/c1-3-4-7(2)14-10-5-8(12(16)17)9(13)6-11(10)15(18)19/h3,5-7,14H,1,4H2,2H3,(H,16,17). The summed E-state index contributed by atoms with van der Waals surface area (Å²) in [4.78, 5) is 20.9. The van der Waals surface area contributed by atoms with Gasteiger partial charge in [-0.15, -0.1) is 6.58 Å². The van der Waals surface area contributed by atoms with E-state index in [0.717, 1.165) is 6.07 Å². The molecule has 1 aromatic rings. The van der Waals surface area contributed by atoms with Crippen LogP contribution in [0.2, 0.25) is 0 Å². The van der Waals surface area contributed by atoms with E-state index >= 15 is 0 Å². The van der Waals surface area contributed by atoms with Crippen LogP contribution >= 0.6 is 0 Å². The molecule has 6 nitrogen and oxygen atoms in total. The zero-order chi connectivity index (χ0) is 14.6. The summed E-state index contributed by atoms with van der Waals surface area (Å²) in [6.45, 7) is 5.28. The predicted molar refractivity (Wildman–Crippen MR) is 67.9 cm³/mol. The molecule has 0 amide bonds. The molecule has 0 bridgehead atoms. The van der Waals surface area contributed by atoms with Gasteiger partial charge in [0.05, 0.1) is 16.6 Å². The van der Waals surface area contributed by atoms with Crippen molar-refractivity contribution in [3.63, 3.8) is 0 Å². The van der Waals surface area contributed by atoms with Crippen LogP contribution in [-0.2, 0) is 0 Å². The van der Waals surface area contributed by atoms with Gasteiger partial charge < -0.3 is 10.4 Å². The minimum absolute atomic E-state index is 0.0295. The third-order valence-electron chi connectivity index (χ3n) is 2.43. The number of nitro groups is 1. The molecule has 0 aliphatic heterocycles. The lowest BCUT2D eigenvalue weighted by molar-refractivity contribution is -0.384. The number of carbonyl (C=O) groups is 1. The highest BCUT2D eigenvalue weighted by Gasteiger charge is 2.22. The first-order chi connectivity index (χ1) is 8.86. The van der Waals surface area contributed by atoms with Crippen molar-refractivity contribution in [1.82, 2.24) is 0 Å². The Morgan fingerprint density at radius 1 is 1.68 bits per heavy atom. The summed E-state index contributed by atoms with van der Waals surface area (Å²) in [5, 5.41) is 22.4. The molecule has 0 aliphatic carbocycles. The number of halogens is 1. The van der Waals surface area contributed by atoms with Crippen LogP contribution in [0.5, 0.6) is 0 Å². The smallest absolute Gasteiger partial charge is 0.338 e. The van der Waals surface area contributed by atoms with Gasteiger partial charge in [-0.05, 0) is 19.4 Å². The second kappa shape index (κ2) is 5.94. The van der Waals surface area contributed by atoms with Crippen LogP contribution in [0.1, 0.15) is 23.7 Å². The molecule has 0 saturated heterocycles. The molecule has 102 valence electrons. The fourth-order valence-electron chi connectivity index (χ4n) is 1.57. The van der Waals surface area contributed by atoms with E-state index in [0.29, 0.717) is 12.5 Å². The molecule has 7 heteroatoms. The van der Waals surface area contributed by atoms with Gasteiger partial charge in [-0.25, -0.2) is 9.18 Å². The normalized spacial score (nSPS) is 11.7. The Morgan fingerprint density at radius 3 is 2.79 bits per heavy atom. The first kappa shape index (κ1) is 14.6. The topological polar surface area (TPSA) is 92.5 Å². The van der Waals surface area contributed by atoms with Gasteiger partial charge in [-0.1, -0.05) is 6.08 Å². The van der Waals surface area contributed by atoms with Crippen LogP contribution in [-0.4, -0.2) is 22.0 Å². The van der Waals surface area contributed by atoms with Crippen molar-refractivity contribution >= 4 is 17.3 Å². The number of hydrogen-bond donors (Lipinski definition) is 2. The van der Waals surface area contributed by atoms with Crippen molar-refractivity contribution in [3.05, 3.63) is 46.3 Å². The Morgan fingerprint density at radius 2 is 2.32 bits per heavy atom. The highest BCUT2D eigenvalue weighted by atomic mass is 19.1. The van der Waals surface area contributed by atoms with Gasteiger partial charge in [0.15, 0.2) is 0 Å². The van der Waals surface area contributed by atoms with E-state index in [4.69, 9.17) is 5.11 Å². The molecule has 0 radical (unpaired) electrons. The number of benzene rings is 1. The molecule has 0 aromatic heterocycles. The van der Waals surface area contributed by atoms with Crippen LogP contribution in [0, 0.1) is 15.9 Å². The Bertz CT molecular complexity index is 531. The Labute approximate surface area is 108 Å². The summed E-state index contributed by atoms with van der Waals surface area (Å²) < 4.78 is 13.4. The maximum atomic E-state index is 13.4. The zero-order valence-electron chi connectivity index (χ0n) is 10.2. The summed E-state index contributed by atoms with van der Waals surface area (Å²) >= 11 is 0. The highest BCUT2D eigenvalue weighted by Crippen LogP contribution is 2.28. The van der Waals surface area contributed by atoms with Crippen LogP contribution in [0.3, 0.4) is 0 Å². The van der Waals surface area contributed by atoms with E-state index in [9.17, 15) is 19.3 Å². The number of carboxylic acid groups (broad SMARTS) is 1. The lowest BCUT2D eigenvalue weighted by Crippen LogP contribution is -2.16. The minimum atomic E-state index is -1.48. The van der Waals surface area contributed by atoms with Gasteiger partial charge in [0.2, 0.25) is 0 Å². The molecule has 2 N–H and O–H groups in total. The molecule has 1 atom stereocenters. The summed E-state index contributed by atoms with van der Waals surface area (Å²) in [5.74, 6) is -2.62. The molecule has 1 rings (SSSR count). The van der Waals surface area contributed by atoms with Gasteiger partial charge in [0, 0.05) is 6.04 Å². The zero-order valence-corrected chi connectivity index (χ0v) is 10.2. The largest absolute Gasteiger partial charge is 0.478 e. The third kappa shape index (κ3) is 3.51. The van der Waals surface area contributed by atoms with E-state index in [2.05, 4.69) is 11.9 Å². The summed E-state index contributed by atoms with van der Waals surface area (Å²) in [5.41, 5.74) is -1.14. The average Bonchev–Trinajstić information content (AvgIpc) is 2.30. The van der Waals surface area contributed by atoms with Gasteiger partial charge in [0.1, 0.15) is 11.5 Å². The summed E-state index contributed by atoms with van der Waals surface area (Å²) in [6, 6.07) is 1.34. The van der Waals surface area contributed by atoms with E-state index in [1.165, 1.54) is 0 Å². The predicted octanol–water partition coefficient (Wildman–Crippen LogP) is 2.81. The molecular weight excluding hydrogens is 255 g/mol. The van der Waals surface area contributed by atoms with Crippen molar-refractivity contribution in [2.24, 2.45) is 0 Å². The summed E-state index contributed by atoms with van der Waals surface area (Å²) in [6.07, 6.45) is 2.14. The average molecular weight is 268 g/mol. The summed E-state index contributed by atoms with van der Waals surface area (Å²) in [7, 11) is 0. The van der Waals surface area contributed by atoms with Crippen molar-refractivity contribution in [3.8, 4) is 0 Å². The van der Waals surface area contributed by atoms with E-state index < -0.39 is 28.0 Å². The second-order valence-corrected chi connectivity index (χ2v) is 3.98. The molecule has 0 saturated carbocycles. The Kier molecular flexibility index (Phi) is 4.57. The van der Waals surface area contributed by atoms with Crippen molar-refractivity contribution in [2.75, 3.05) is 5.32 Å². The number of nitro benzene ring substituents is 1. The second-order valence-electron chi connectivity index (χ2n) is 3.98. The molecule has 0 fully saturated rings. The highest BCUT2D eigenvalue weighted by molar-refractivity contribution is 5.90. The minimum Gasteiger partial charge on any atom is -0.478 e. The lowest BCUT2D eigenvalue weighted by atomic mass is 10.1. The quantitative estimate of drug-likeness (QED) is 0.470. The molecule has 0 aliphatic rings. The van der Waals surface area contributed by atoms with Gasteiger partial charge >= 0.3 is 5.97 Å². The maximum Gasteiger partial charge on any atom is 0.338 e. The number of hydrogen-bond acceptors (Lipinski definition) is 4. The number of aromatic carboxylic acids is 1. The number of carboxylic acids is 1. The first-order valence-electron chi connectivity index (χ1n) is 5.45. The van der Waals surface area contributed by atoms with Crippen LogP contribution in [0.4, 0.5) is 15.8 Å². The van der Waals surface area contributed by atoms with Gasteiger partial charge in [-0.3, -0.25) is 10.1 Å². The molecular formula is C12H13FN2O4.